The number of H-pyrrole nitrogens is 1. The number of nitrogens with two attached hydrogens (primary N) is 1. The number of aryl methyl sites for hydroxylation is 2. The maximum atomic E-state index is 13.0. The Hall–Kier alpha value is -3.76. The predicted octanol–water partition coefficient (Wildman–Crippen LogP) is 4.92. The third-order valence-electron chi connectivity index (χ3n) is 6.67. The maximum absolute atomic E-state index is 13.0. The lowest BCUT2D eigenvalue weighted by molar-refractivity contribution is -0.137. The van der Waals surface area contributed by atoms with E-state index in [0.29, 0.717) is 51.3 Å². The number of halogens is 4. The first kappa shape index (κ1) is 24.9. The molecule has 3 aromatic heterocycles. The van der Waals surface area contributed by atoms with Crippen LogP contribution in [0, 0.1) is 0 Å². The minimum atomic E-state index is -4.40. The first-order chi connectivity index (χ1) is 17.5. The predicted molar refractivity (Wildman–Crippen MR) is 135 cm³/mol. The molecular weight excluding hydrogens is 505 g/mol. The quantitative estimate of drug-likeness (QED) is 0.272. The van der Waals surface area contributed by atoms with Gasteiger partial charge in [0.1, 0.15) is 5.69 Å². The number of nitrogens with zero attached hydrogens (tertiary/aromatic N) is 4. The van der Waals surface area contributed by atoms with Crippen LogP contribution in [0.3, 0.4) is 0 Å². The monoisotopic (exact) mass is 528 g/mol. The maximum Gasteiger partial charge on any atom is 0.416 e. The van der Waals surface area contributed by atoms with Crippen molar-refractivity contribution in [1.29, 1.82) is 0 Å². The van der Waals surface area contributed by atoms with E-state index in [1.54, 1.807) is 48.5 Å². The van der Waals surface area contributed by atoms with Crippen LogP contribution in [0.25, 0.3) is 10.9 Å². The fourth-order valence-corrected chi connectivity index (χ4v) is 4.97. The highest BCUT2D eigenvalue weighted by Crippen LogP contribution is 2.39. The fourth-order valence-electron chi connectivity index (χ4n) is 4.64. The molecule has 0 fully saturated rings. The molecule has 0 saturated heterocycles. The second-order valence-corrected chi connectivity index (χ2v) is 9.31. The number of pyridine rings is 1. The second kappa shape index (κ2) is 8.97. The van der Waals surface area contributed by atoms with Crippen LogP contribution in [-0.4, -0.2) is 29.5 Å². The van der Waals surface area contributed by atoms with Gasteiger partial charge in [0, 0.05) is 30.7 Å². The minimum absolute atomic E-state index is 0.310. The van der Waals surface area contributed by atoms with Crippen molar-refractivity contribution < 1.29 is 18.3 Å². The van der Waals surface area contributed by atoms with E-state index in [1.807, 2.05) is 6.92 Å². The Bertz CT molecular complexity index is 1580. The smallest absolute Gasteiger partial charge is 0.373 e. The molecule has 0 saturated carbocycles. The normalized spacial score (nSPS) is 13.8. The highest BCUT2D eigenvalue weighted by molar-refractivity contribution is 6.36. The van der Waals surface area contributed by atoms with Crippen molar-refractivity contribution in [3.05, 3.63) is 106 Å². The number of imidazole rings is 1. The molecule has 5 rings (SSSR count). The van der Waals surface area contributed by atoms with Gasteiger partial charge in [0.15, 0.2) is 5.60 Å². The molecule has 5 aromatic rings. The van der Waals surface area contributed by atoms with Gasteiger partial charge in [-0.3, -0.25) is 10.1 Å². The van der Waals surface area contributed by atoms with E-state index in [0.717, 1.165) is 23.4 Å². The number of fused-ring (bicyclic) bond motifs is 1. The topological polar surface area (TPSA) is 97.7 Å². The Labute approximate surface area is 215 Å². The zero-order valence-electron chi connectivity index (χ0n) is 20.0. The molecule has 0 aliphatic rings. The SMILES string of the molecule is CCc1nc2ccc(C(O)(c3cncn3C)c3c[nH]n3N)cc2c(Cl)c1Cc1ccc(C(F)(F)F)cc1. The molecule has 0 amide bonds. The van der Waals surface area contributed by atoms with Crippen LogP contribution in [0.5, 0.6) is 0 Å². The number of nitrogen functional groups attached to an aromatic ring is 1. The Morgan fingerprint density at radius 3 is 2.32 bits per heavy atom. The van der Waals surface area contributed by atoms with Crippen LogP contribution in [0.2, 0.25) is 5.02 Å². The molecule has 192 valence electrons. The summed E-state index contributed by atoms with van der Waals surface area (Å²) < 4.78 is 40.7. The van der Waals surface area contributed by atoms with E-state index in [-0.39, 0.29) is 0 Å². The standard InChI is InChI=1S/C26H24ClF3N6O/c1-3-20-18(10-15-4-6-16(7-5-15)26(28,29)30)24(27)19-11-17(8-9-21(19)34-20)25(37,23-13-33-36(23)31)22-12-32-14-35(22)2/h4-9,11-14,33,37H,3,10,31H2,1-2H3. The van der Waals surface area contributed by atoms with Gasteiger partial charge in [-0.2, -0.15) is 13.2 Å². The lowest BCUT2D eigenvalue weighted by Gasteiger charge is -2.32. The van der Waals surface area contributed by atoms with E-state index in [4.69, 9.17) is 22.4 Å². The third-order valence-corrected chi connectivity index (χ3v) is 7.11. The molecule has 1 unspecified atom stereocenters. The molecule has 37 heavy (non-hydrogen) atoms. The Morgan fingerprint density at radius 2 is 1.78 bits per heavy atom. The molecule has 2 aromatic carbocycles. The molecule has 11 heteroatoms. The Kier molecular flexibility index (Phi) is 6.04. The zero-order valence-corrected chi connectivity index (χ0v) is 20.8. The van der Waals surface area contributed by atoms with Gasteiger partial charge < -0.3 is 15.5 Å². The highest BCUT2D eigenvalue weighted by atomic mass is 35.5. The molecule has 0 aliphatic carbocycles. The van der Waals surface area contributed by atoms with Crippen molar-refractivity contribution in [3.63, 3.8) is 0 Å². The first-order valence-corrected chi connectivity index (χ1v) is 11.9. The molecule has 0 aliphatic heterocycles. The number of aromatic amines is 1. The van der Waals surface area contributed by atoms with Crippen molar-refractivity contribution in [2.75, 3.05) is 5.84 Å². The van der Waals surface area contributed by atoms with Crippen LogP contribution in [-0.2, 0) is 31.7 Å². The number of benzene rings is 2. The van der Waals surface area contributed by atoms with Gasteiger partial charge in [0.05, 0.1) is 34.3 Å². The zero-order chi connectivity index (χ0) is 26.5. The summed E-state index contributed by atoms with van der Waals surface area (Å²) in [5.41, 5.74) is 1.86. The number of aliphatic hydroxyl groups is 1. The average Bonchev–Trinajstić information content (AvgIpc) is 3.30. The summed E-state index contributed by atoms with van der Waals surface area (Å²) in [5, 5.41) is 15.8. The van der Waals surface area contributed by atoms with Gasteiger partial charge in [-0.25, -0.2) is 9.77 Å². The fraction of sp³-hybridized carbons (Fsp3) is 0.231. The summed E-state index contributed by atoms with van der Waals surface area (Å²) in [5.74, 6) is 5.99. The third kappa shape index (κ3) is 4.15. The van der Waals surface area contributed by atoms with Crippen LogP contribution >= 0.6 is 11.6 Å². The van der Waals surface area contributed by atoms with Crippen LogP contribution in [0.15, 0.2) is 61.2 Å². The number of hydrogen-bond donors (Lipinski definition) is 3. The highest BCUT2D eigenvalue weighted by Gasteiger charge is 2.40. The Balaban J connectivity index is 1.64. The van der Waals surface area contributed by atoms with Gasteiger partial charge in [-0.15, -0.1) is 0 Å². The van der Waals surface area contributed by atoms with E-state index < -0.39 is 17.3 Å². The Morgan fingerprint density at radius 1 is 1.08 bits per heavy atom. The summed E-state index contributed by atoms with van der Waals surface area (Å²) >= 11 is 6.93. The molecule has 3 heterocycles. The summed E-state index contributed by atoms with van der Waals surface area (Å²) in [7, 11) is 1.77. The van der Waals surface area contributed by atoms with Gasteiger partial charge in [-0.05, 0) is 47.4 Å². The second-order valence-electron chi connectivity index (χ2n) is 8.94. The first-order valence-electron chi connectivity index (χ1n) is 11.5. The van der Waals surface area contributed by atoms with Gasteiger partial charge >= 0.3 is 6.18 Å². The number of nitrogens with one attached hydrogen (secondary N) is 1. The number of aromatic nitrogens is 5. The van der Waals surface area contributed by atoms with Gasteiger partial charge in [-0.1, -0.05) is 36.7 Å². The van der Waals surface area contributed by atoms with Crippen LogP contribution in [0.4, 0.5) is 13.2 Å². The van der Waals surface area contributed by atoms with Gasteiger partial charge in [0.25, 0.3) is 0 Å². The van der Waals surface area contributed by atoms with E-state index in [2.05, 4.69) is 10.1 Å². The van der Waals surface area contributed by atoms with Crippen LogP contribution in [0.1, 0.15) is 46.3 Å². The van der Waals surface area contributed by atoms with Crippen molar-refractivity contribution in [3.8, 4) is 0 Å². The molecule has 4 N–H and O–H groups in total. The number of alkyl halides is 3. The molecule has 1 atom stereocenters. The van der Waals surface area contributed by atoms with E-state index in [1.165, 1.54) is 16.9 Å². The number of rotatable bonds is 6. The van der Waals surface area contributed by atoms with E-state index >= 15 is 0 Å². The molecule has 0 spiro atoms. The van der Waals surface area contributed by atoms with Crippen LogP contribution < -0.4 is 5.84 Å². The summed E-state index contributed by atoms with van der Waals surface area (Å²) in [6.07, 6.45) is 1.25. The van der Waals surface area contributed by atoms with E-state index in [9.17, 15) is 18.3 Å². The molecule has 7 nitrogen and oxygen atoms in total. The largest absolute Gasteiger partial charge is 0.416 e. The van der Waals surface area contributed by atoms with Crippen molar-refractivity contribution in [1.82, 2.24) is 24.4 Å². The van der Waals surface area contributed by atoms with Crippen molar-refractivity contribution in [2.45, 2.75) is 31.5 Å². The average molecular weight is 529 g/mol. The molecule has 0 bridgehead atoms. The molecule has 0 radical (unpaired) electrons. The van der Waals surface area contributed by atoms with Crippen molar-refractivity contribution >= 4 is 22.5 Å². The summed E-state index contributed by atoms with van der Waals surface area (Å²) in [4.78, 5) is 10.2. The summed E-state index contributed by atoms with van der Waals surface area (Å²) in [6.45, 7) is 1.95. The molecular formula is C26H24ClF3N6O. The van der Waals surface area contributed by atoms with Gasteiger partial charge in [0.2, 0.25) is 0 Å². The lowest BCUT2D eigenvalue weighted by atomic mass is 9.86. The van der Waals surface area contributed by atoms with Crippen molar-refractivity contribution in [2.24, 2.45) is 7.05 Å². The summed E-state index contributed by atoms with van der Waals surface area (Å²) in [6, 6.07) is 10.3. The minimum Gasteiger partial charge on any atom is -0.373 e. The lowest BCUT2D eigenvalue weighted by Crippen LogP contribution is -2.40. The number of hydrogen-bond acceptors (Lipinski definition) is 4.